The van der Waals surface area contributed by atoms with E-state index in [-0.39, 0.29) is 0 Å². The second-order valence-corrected chi connectivity index (χ2v) is 10.9. The highest BCUT2D eigenvalue weighted by Gasteiger charge is 2.24. The van der Waals surface area contributed by atoms with E-state index in [0.717, 1.165) is 65.7 Å². The molecular formula is C36H18N2O2. The lowest BCUT2D eigenvalue weighted by Gasteiger charge is -2.11. The average molecular weight is 511 g/mol. The van der Waals surface area contributed by atoms with Crippen molar-refractivity contribution >= 4 is 98.5 Å². The third-order valence-corrected chi connectivity index (χ3v) is 9.03. The van der Waals surface area contributed by atoms with E-state index >= 15 is 0 Å². The van der Waals surface area contributed by atoms with Crippen LogP contribution in [0.25, 0.3) is 98.5 Å². The molecule has 0 amide bonds. The smallest absolute Gasteiger partial charge is 0.145 e. The van der Waals surface area contributed by atoms with Crippen LogP contribution in [0.4, 0.5) is 0 Å². The topological polar surface area (TPSA) is 35.1 Å². The molecular weight excluding hydrogens is 492 g/mol. The van der Waals surface area contributed by atoms with Gasteiger partial charge in [0.15, 0.2) is 0 Å². The third kappa shape index (κ3) is 2.02. The summed E-state index contributed by atoms with van der Waals surface area (Å²) in [4.78, 5) is 0. The van der Waals surface area contributed by atoms with Crippen LogP contribution in [0.2, 0.25) is 0 Å². The van der Waals surface area contributed by atoms with Crippen LogP contribution in [-0.4, -0.2) is 8.80 Å². The number of benzene rings is 6. The molecule has 184 valence electrons. The zero-order valence-electron chi connectivity index (χ0n) is 21.1. The first-order valence-electron chi connectivity index (χ1n) is 13.6. The zero-order valence-corrected chi connectivity index (χ0v) is 21.1. The number of furan rings is 2. The SMILES string of the molecule is c1ccc2c(c1)oc1c2ccc2c1c1cccc3c1n2c1cccc2c4c5oc6ccccc6c5ccc4n3c21. The van der Waals surface area contributed by atoms with Crippen molar-refractivity contribution in [3.63, 3.8) is 0 Å². The number of fused-ring (bicyclic) bond motifs is 16. The highest BCUT2D eigenvalue weighted by atomic mass is 16.3. The fraction of sp³-hybridized carbons (Fsp3) is 0. The van der Waals surface area contributed by atoms with Gasteiger partial charge in [-0.3, -0.25) is 0 Å². The van der Waals surface area contributed by atoms with Gasteiger partial charge in [-0.15, -0.1) is 0 Å². The standard InChI is InChI=1S/C36H18N2O2/c1-3-13-29-19(7-1)21-15-17-25-31(35(21)39-29)23-9-5-11-27-33(23)37(25)28-12-6-10-24-32-26(38(27)34(24)28)18-16-22-20-8-2-4-14-30(20)40-36(22)32/h1-18H. The van der Waals surface area contributed by atoms with E-state index in [4.69, 9.17) is 8.83 Å². The summed E-state index contributed by atoms with van der Waals surface area (Å²) in [7, 11) is 0. The van der Waals surface area contributed by atoms with Crippen LogP contribution in [0.15, 0.2) is 118 Å². The largest absolute Gasteiger partial charge is 0.455 e. The maximum Gasteiger partial charge on any atom is 0.145 e. The molecule has 0 spiro atoms. The van der Waals surface area contributed by atoms with Gasteiger partial charge in [0.2, 0.25) is 0 Å². The Kier molecular flexibility index (Phi) is 3.12. The van der Waals surface area contributed by atoms with Gasteiger partial charge in [-0.25, -0.2) is 0 Å². The lowest BCUT2D eigenvalue weighted by Crippen LogP contribution is -1.96. The summed E-state index contributed by atoms with van der Waals surface area (Å²) in [5.74, 6) is 0. The number of nitrogens with zero attached hydrogens (tertiary/aromatic N) is 2. The minimum absolute atomic E-state index is 0.922. The molecule has 0 aliphatic rings. The van der Waals surface area contributed by atoms with Crippen molar-refractivity contribution in [1.82, 2.24) is 8.80 Å². The van der Waals surface area contributed by atoms with E-state index in [1.807, 2.05) is 12.1 Å². The van der Waals surface area contributed by atoms with E-state index in [1.54, 1.807) is 0 Å². The van der Waals surface area contributed by atoms with Crippen molar-refractivity contribution in [2.45, 2.75) is 0 Å². The zero-order chi connectivity index (χ0) is 25.7. The summed E-state index contributed by atoms with van der Waals surface area (Å²) in [6.07, 6.45) is 0. The Morgan fingerprint density at radius 2 is 0.800 bits per heavy atom. The summed E-state index contributed by atoms with van der Waals surface area (Å²) in [5.41, 5.74) is 10.8. The van der Waals surface area contributed by atoms with Gasteiger partial charge in [0.25, 0.3) is 0 Å². The molecule has 0 fully saturated rings. The summed E-state index contributed by atoms with van der Waals surface area (Å²) in [6, 6.07) is 38.9. The Morgan fingerprint density at radius 3 is 1.30 bits per heavy atom. The van der Waals surface area contributed by atoms with Gasteiger partial charge in [-0.05, 0) is 48.5 Å². The van der Waals surface area contributed by atoms with Gasteiger partial charge >= 0.3 is 0 Å². The molecule has 0 radical (unpaired) electrons. The molecule has 0 saturated heterocycles. The predicted octanol–water partition coefficient (Wildman–Crippen LogP) is 10.0. The monoisotopic (exact) mass is 510 g/mol. The predicted molar refractivity (Wildman–Crippen MR) is 164 cm³/mol. The fourth-order valence-corrected chi connectivity index (χ4v) is 7.49. The molecule has 0 saturated carbocycles. The third-order valence-electron chi connectivity index (χ3n) is 9.03. The number of hydrogen-bond donors (Lipinski definition) is 0. The quantitative estimate of drug-likeness (QED) is 0.190. The van der Waals surface area contributed by atoms with Crippen LogP contribution in [0.5, 0.6) is 0 Å². The van der Waals surface area contributed by atoms with E-state index in [2.05, 4.69) is 106 Å². The molecule has 0 aliphatic carbocycles. The number of aromatic nitrogens is 2. The molecule has 0 aliphatic heterocycles. The lowest BCUT2D eigenvalue weighted by atomic mass is 10.1. The van der Waals surface area contributed by atoms with Crippen LogP contribution < -0.4 is 0 Å². The highest BCUT2D eigenvalue weighted by Crippen LogP contribution is 2.45. The van der Waals surface area contributed by atoms with E-state index < -0.39 is 0 Å². The second kappa shape index (κ2) is 6.38. The number of rotatable bonds is 0. The molecule has 4 heteroatoms. The highest BCUT2D eigenvalue weighted by molar-refractivity contribution is 6.30. The lowest BCUT2D eigenvalue weighted by molar-refractivity contribution is 0.672. The van der Waals surface area contributed by atoms with Gasteiger partial charge in [0.05, 0.1) is 43.9 Å². The Hall–Kier alpha value is -5.48. The Labute approximate surface area is 225 Å². The first-order valence-corrected chi connectivity index (χ1v) is 13.6. The van der Waals surface area contributed by atoms with Gasteiger partial charge < -0.3 is 17.6 Å². The number of para-hydroxylation sites is 4. The molecule has 0 atom stereocenters. The Balaban J connectivity index is 1.44. The molecule has 6 aromatic carbocycles. The molecule has 5 heterocycles. The molecule has 0 bridgehead atoms. The molecule has 11 rings (SSSR count). The molecule has 4 nitrogen and oxygen atoms in total. The van der Waals surface area contributed by atoms with Crippen LogP contribution in [0.3, 0.4) is 0 Å². The maximum absolute atomic E-state index is 6.54. The molecule has 40 heavy (non-hydrogen) atoms. The van der Waals surface area contributed by atoms with E-state index in [0.29, 0.717) is 0 Å². The normalized spacial score (nSPS) is 13.0. The van der Waals surface area contributed by atoms with Crippen LogP contribution in [0.1, 0.15) is 0 Å². The van der Waals surface area contributed by atoms with Gasteiger partial charge in [0.1, 0.15) is 22.3 Å². The van der Waals surface area contributed by atoms with Gasteiger partial charge in [-0.1, -0.05) is 60.7 Å². The summed E-state index contributed by atoms with van der Waals surface area (Å²) in [5, 5.41) is 9.35. The van der Waals surface area contributed by atoms with Crippen molar-refractivity contribution in [1.29, 1.82) is 0 Å². The first-order chi connectivity index (χ1) is 19.9. The van der Waals surface area contributed by atoms with Crippen molar-refractivity contribution in [3.8, 4) is 0 Å². The average Bonchev–Trinajstić information content (AvgIpc) is 3.74. The Morgan fingerprint density at radius 1 is 0.350 bits per heavy atom. The van der Waals surface area contributed by atoms with Gasteiger partial charge in [-0.2, -0.15) is 0 Å². The van der Waals surface area contributed by atoms with E-state index in [9.17, 15) is 0 Å². The molecule has 11 aromatic rings. The first kappa shape index (κ1) is 19.6. The minimum atomic E-state index is 0.922. The van der Waals surface area contributed by atoms with Crippen molar-refractivity contribution in [2.24, 2.45) is 0 Å². The van der Waals surface area contributed by atoms with Crippen molar-refractivity contribution in [3.05, 3.63) is 109 Å². The second-order valence-electron chi connectivity index (χ2n) is 10.9. The Bertz CT molecular complexity index is 2670. The minimum Gasteiger partial charge on any atom is -0.455 e. The van der Waals surface area contributed by atoms with Gasteiger partial charge in [0, 0.05) is 32.3 Å². The fourth-order valence-electron chi connectivity index (χ4n) is 7.49. The summed E-state index contributed by atoms with van der Waals surface area (Å²) >= 11 is 0. The number of hydrogen-bond acceptors (Lipinski definition) is 2. The summed E-state index contributed by atoms with van der Waals surface area (Å²) < 4.78 is 17.9. The van der Waals surface area contributed by atoms with Crippen molar-refractivity contribution in [2.75, 3.05) is 0 Å². The van der Waals surface area contributed by atoms with Crippen LogP contribution in [-0.2, 0) is 0 Å². The van der Waals surface area contributed by atoms with Crippen LogP contribution in [0, 0.1) is 0 Å². The molecule has 0 unspecified atom stereocenters. The maximum atomic E-state index is 6.54. The molecule has 0 N–H and O–H groups in total. The van der Waals surface area contributed by atoms with E-state index in [1.165, 1.54) is 32.8 Å². The summed E-state index contributed by atoms with van der Waals surface area (Å²) in [6.45, 7) is 0. The van der Waals surface area contributed by atoms with Crippen LogP contribution >= 0.6 is 0 Å². The van der Waals surface area contributed by atoms with Crippen molar-refractivity contribution < 1.29 is 8.83 Å². The molecule has 5 aromatic heterocycles.